The standard InChI is InChI=1S/C26H28FN3O3S/c27-18-3-4-20-19(7-8-33-23(20)10-18)17-12-29(13-17)11-15-1-2-16-14-30(26(34)21(16)9-15)22-5-6-24(31)28-25(22)32/h1-4,9-10,17,19,22,26,34H,5-8,11-14H2,(H,28,31,32). The van der Waals surface area contributed by atoms with Gasteiger partial charge in [0.15, 0.2) is 0 Å². The second-order valence-electron chi connectivity index (χ2n) is 9.93. The summed E-state index contributed by atoms with van der Waals surface area (Å²) in [4.78, 5) is 28.4. The topological polar surface area (TPSA) is 61.9 Å². The van der Waals surface area contributed by atoms with E-state index >= 15 is 0 Å². The zero-order valence-corrected chi connectivity index (χ0v) is 19.8. The zero-order chi connectivity index (χ0) is 23.4. The Hall–Kier alpha value is -2.42. The average Bonchev–Trinajstić information content (AvgIpc) is 3.11. The molecule has 3 atom stereocenters. The first kappa shape index (κ1) is 22.1. The van der Waals surface area contributed by atoms with Gasteiger partial charge in [0.1, 0.15) is 11.6 Å². The Morgan fingerprint density at radius 1 is 1.09 bits per heavy atom. The number of thiol groups is 1. The average molecular weight is 482 g/mol. The summed E-state index contributed by atoms with van der Waals surface area (Å²) in [6.45, 7) is 4.24. The van der Waals surface area contributed by atoms with Gasteiger partial charge in [0.2, 0.25) is 11.8 Å². The molecule has 4 heterocycles. The van der Waals surface area contributed by atoms with Crippen molar-refractivity contribution < 1.29 is 18.7 Å². The van der Waals surface area contributed by atoms with Crippen molar-refractivity contribution in [3.8, 4) is 5.75 Å². The van der Waals surface area contributed by atoms with E-state index in [1.807, 2.05) is 6.07 Å². The van der Waals surface area contributed by atoms with E-state index < -0.39 is 0 Å². The number of rotatable bonds is 4. The van der Waals surface area contributed by atoms with Crippen molar-refractivity contribution >= 4 is 24.4 Å². The number of carbonyl (C=O) groups excluding carboxylic acids is 2. The van der Waals surface area contributed by atoms with Crippen LogP contribution in [-0.4, -0.2) is 47.4 Å². The predicted molar refractivity (Wildman–Crippen MR) is 128 cm³/mol. The van der Waals surface area contributed by atoms with E-state index in [0.29, 0.717) is 43.6 Å². The molecule has 34 heavy (non-hydrogen) atoms. The molecule has 2 saturated heterocycles. The Kier molecular flexibility index (Phi) is 5.62. The first-order valence-corrected chi connectivity index (χ1v) is 12.5. The van der Waals surface area contributed by atoms with Crippen LogP contribution in [0.25, 0.3) is 0 Å². The highest BCUT2D eigenvalue weighted by Gasteiger charge is 2.40. The van der Waals surface area contributed by atoms with Gasteiger partial charge in [0.05, 0.1) is 18.0 Å². The van der Waals surface area contributed by atoms with Crippen molar-refractivity contribution in [3.63, 3.8) is 0 Å². The molecule has 2 aromatic rings. The minimum absolute atomic E-state index is 0.151. The number of benzene rings is 2. The van der Waals surface area contributed by atoms with E-state index in [-0.39, 0.29) is 29.0 Å². The second kappa shape index (κ2) is 8.66. The maximum Gasteiger partial charge on any atom is 0.243 e. The van der Waals surface area contributed by atoms with Crippen LogP contribution in [0.3, 0.4) is 0 Å². The first-order chi connectivity index (χ1) is 16.5. The summed E-state index contributed by atoms with van der Waals surface area (Å²) in [6.07, 6.45) is 1.89. The van der Waals surface area contributed by atoms with Gasteiger partial charge in [0.25, 0.3) is 0 Å². The molecule has 3 unspecified atom stereocenters. The van der Waals surface area contributed by atoms with Crippen LogP contribution in [0.2, 0.25) is 0 Å². The third-order valence-corrected chi connectivity index (χ3v) is 8.36. The van der Waals surface area contributed by atoms with Crippen LogP contribution in [0.4, 0.5) is 4.39 Å². The molecule has 4 aliphatic heterocycles. The lowest BCUT2D eigenvalue weighted by atomic mass is 9.77. The molecule has 2 aromatic carbocycles. The predicted octanol–water partition coefficient (Wildman–Crippen LogP) is 3.37. The maximum absolute atomic E-state index is 13.6. The highest BCUT2D eigenvalue weighted by molar-refractivity contribution is 7.80. The fourth-order valence-electron chi connectivity index (χ4n) is 6.00. The quantitative estimate of drug-likeness (QED) is 0.518. The molecule has 1 N–H and O–H groups in total. The number of carbonyl (C=O) groups is 2. The van der Waals surface area contributed by atoms with Crippen LogP contribution < -0.4 is 10.1 Å². The number of nitrogens with one attached hydrogen (secondary N) is 1. The van der Waals surface area contributed by atoms with Gasteiger partial charge in [0, 0.05) is 38.7 Å². The van der Waals surface area contributed by atoms with Crippen molar-refractivity contribution in [3.05, 3.63) is 64.5 Å². The highest BCUT2D eigenvalue weighted by atomic mass is 32.1. The van der Waals surface area contributed by atoms with E-state index in [9.17, 15) is 14.0 Å². The Balaban J connectivity index is 1.09. The van der Waals surface area contributed by atoms with Crippen molar-refractivity contribution in [2.24, 2.45) is 5.92 Å². The summed E-state index contributed by atoms with van der Waals surface area (Å²) in [5.41, 5.74) is 4.74. The lowest BCUT2D eigenvalue weighted by Gasteiger charge is -2.45. The molecule has 178 valence electrons. The molecule has 0 aliphatic carbocycles. The molecule has 6 nitrogen and oxygen atoms in total. The number of piperidine rings is 1. The van der Waals surface area contributed by atoms with Crippen molar-refractivity contribution in [2.45, 2.75) is 49.7 Å². The highest BCUT2D eigenvalue weighted by Crippen LogP contribution is 2.43. The number of hydrogen-bond donors (Lipinski definition) is 2. The number of likely N-dealkylation sites (tertiary alicyclic amines) is 1. The van der Waals surface area contributed by atoms with Crippen molar-refractivity contribution in [2.75, 3.05) is 19.7 Å². The van der Waals surface area contributed by atoms with E-state index in [2.05, 4.69) is 33.3 Å². The summed E-state index contributed by atoms with van der Waals surface area (Å²) in [7, 11) is 0. The number of ether oxygens (including phenoxy) is 1. The van der Waals surface area contributed by atoms with Gasteiger partial charge in [-0.25, -0.2) is 4.39 Å². The summed E-state index contributed by atoms with van der Waals surface area (Å²) < 4.78 is 19.3. The fraction of sp³-hybridized carbons (Fsp3) is 0.462. The summed E-state index contributed by atoms with van der Waals surface area (Å²) in [6, 6.07) is 11.2. The van der Waals surface area contributed by atoms with Crippen LogP contribution >= 0.6 is 12.6 Å². The lowest BCUT2D eigenvalue weighted by Crippen LogP contribution is -2.51. The third-order valence-electron chi connectivity index (χ3n) is 7.79. The molecule has 6 rings (SSSR count). The number of hydrogen-bond acceptors (Lipinski definition) is 6. The number of imide groups is 1. The van der Waals surface area contributed by atoms with Crippen LogP contribution in [0, 0.1) is 11.7 Å². The molecule has 0 radical (unpaired) electrons. The van der Waals surface area contributed by atoms with Gasteiger partial charge in [-0.2, -0.15) is 12.6 Å². The minimum Gasteiger partial charge on any atom is -0.493 e. The van der Waals surface area contributed by atoms with Gasteiger partial charge in [-0.05, 0) is 53.0 Å². The summed E-state index contributed by atoms with van der Waals surface area (Å²) in [5.74, 6) is 1.03. The molecule has 0 spiro atoms. The Bertz CT molecular complexity index is 1150. The molecular formula is C26H28FN3O3S. The van der Waals surface area contributed by atoms with Crippen LogP contribution in [0.1, 0.15) is 52.8 Å². The normalized spacial score (nSPS) is 27.5. The SMILES string of the molecule is O=C1CCC(N2Cc3ccc(CN4CC(C5CCOc6cc(F)ccc65)C4)cc3C2S)C(=O)N1. The molecule has 2 amide bonds. The van der Waals surface area contributed by atoms with E-state index in [1.165, 1.54) is 23.3 Å². The van der Waals surface area contributed by atoms with Crippen LogP contribution in [-0.2, 0) is 22.7 Å². The Labute approximate surface area is 203 Å². The number of amides is 2. The number of nitrogens with zero attached hydrogens (tertiary/aromatic N) is 2. The Morgan fingerprint density at radius 3 is 2.76 bits per heavy atom. The third kappa shape index (κ3) is 3.91. The minimum atomic E-state index is -0.317. The van der Waals surface area contributed by atoms with Crippen LogP contribution in [0.15, 0.2) is 36.4 Å². The van der Waals surface area contributed by atoms with Crippen LogP contribution in [0.5, 0.6) is 5.75 Å². The van der Waals surface area contributed by atoms with E-state index in [0.717, 1.165) is 37.2 Å². The van der Waals surface area contributed by atoms with Gasteiger partial charge >= 0.3 is 0 Å². The van der Waals surface area contributed by atoms with Gasteiger partial charge in [-0.15, -0.1) is 0 Å². The largest absolute Gasteiger partial charge is 0.493 e. The van der Waals surface area contributed by atoms with Gasteiger partial charge in [-0.1, -0.05) is 24.3 Å². The maximum atomic E-state index is 13.6. The van der Waals surface area contributed by atoms with E-state index in [1.54, 1.807) is 0 Å². The number of fused-ring (bicyclic) bond motifs is 2. The van der Waals surface area contributed by atoms with Crippen molar-refractivity contribution in [1.29, 1.82) is 0 Å². The monoisotopic (exact) mass is 481 g/mol. The smallest absolute Gasteiger partial charge is 0.243 e. The number of halogens is 1. The fourth-order valence-corrected chi connectivity index (χ4v) is 6.48. The molecule has 0 saturated carbocycles. The molecule has 2 fully saturated rings. The van der Waals surface area contributed by atoms with Gasteiger partial charge in [-0.3, -0.25) is 24.7 Å². The second-order valence-corrected chi connectivity index (χ2v) is 10.4. The summed E-state index contributed by atoms with van der Waals surface area (Å²) >= 11 is 4.84. The zero-order valence-electron chi connectivity index (χ0n) is 18.9. The van der Waals surface area contributed by atoms with Crippen molar-refractivity contribution in [1.82, 2.24) is 15.1 Å². The van der Waals surface area contributed by atoms with E-state index in [4.69, 9.17) is 17.4 Å². The lowest BCUT2D eigenvalue weighted by molar-refractivity contribution is -0.137. The molecule has 0 aromatic heterocycles. The molecule has 8 heteroatoms. The molecule has 4 aliphatic rings. The Morgan fingerprint density at radius 2 is 1.94 bits per heavy atom. The van der Waals surface area contributed by atoms with Gasteiger partial charge < -0.3 is 4.74 Å². The molecular weight excluding hydrogens is 453 g/mol. The summed E-state index contributed by atoms with van der Waals surface area (Å²) in [5, 5.41) is 2.31. The molecule has 0 bridgehead atoms. The first-order valence-electron chi connectivity index (χ1n) is 12.0.